The van der Waals surface area contributed by atoms with Gasteiger partial charge in [0.25, 0.3) is 0 Å². The molecule has 0 spiro atoms. The van der Waals surface area contributed by atoms with Gasteiger partial charge in [-0.3, -0.25) is 10.8 Å². The summed E-state index contributed by atoms with van der Waals surface area (Å²) in [5.74, 6) is -1.99. The Morgan fingerprint density at radius 3 is 2.21 bits per heavy atom. The molecule has 0 saturated heterocycles. The van der Waals surface area contributed by atoms with Crippen molar-refractivity contribution in [3.63, 3.8) is 0 Å². The van der Waals surface area contributed by atoms with Crippen molar-refractivity contribution in [3.05, 3.63) is 65.4 Å². The molecule has 9 heteroatoms. The SMILES string of the molecule is CSC(=N)SC(=N)Sc1nc2cc(F)c(F)cc2nc1/C=C/c1ccccc1. The minimum absolute atomic E-state index is 0.143. The smallest absolute Gasteiger partial charge is 0.161 e. The Morgan fingerprint density at radius 1 is 0.929 bits per heavy atom. The zero-order valence-corrected chi connectivity index (χ0v) is 17.0. The Labute approximate surface area is 173 Å². The number of halogens is 2. The molecule has 1 aromatic heterocycles. The molecule has 0 saturated carbocycles. The number of fused-ring (bicyclic) bond motifs is 1. The number of hydrogen-bond acceptors (Lipinski definition) is 7. The van der Waals surface area contributed by atoms with E-state index >= 15 is 0 Å². The second-order valence-corrected chi connectivity index (χ2v) is 8.75. The van der Waals surface area contributed by atoms with Crippen LogP contribution >= 0.6 is 35.3 Å². The summed E-state index contributed by atoms with van der Waals surface area (Å²) in [6.07, 6.45) is 5.32. The van der Waals surface area contributed by atoms with Crippen molar-refractivity contribution in [1.29, 1.82) is 10.8 Å². The van der Waals surface area contributed by atoms with Gasteiger partial charge in [0.15, 0.2) is 11.6 Å². The van der Waals surface area contributed by atoms with Crippen LogP contribution in [0.5, 0.6) is 0 Å². The second kappa shape index (κ2) is 9.31. The van der Waals surface area contributed by atoms with Crippen LogP contribution in [0.1, 0.15) is 11.3 Å². The van der Waals surface area contributed by atoms with Gasteiger partial charge in [-0.25, -0.2) is 18.7 Å². The van der Waals surface area contributed by atoms with Gasteiger partial charge in [0, 0.05) is 12.1 Å². The van der Waals surface area contributed by atoms with Crippen molar-refractivity contribution in [2.75, 3.05) is 6.26 Å². The van der Waals surface area contributed by atoms with E-state index in [-0.39, 0.29) is 19.8 Å². The van der Waals surface area contributed by atoms with Crippen molar-refractivity contribution < 1.29 is 8.78 Å². The molecule has 0 unspecified atom stereocenters. The molecule has 2 aromatic carbocycles. The van der Waals surface area contributed by atoms with Gasteiger partial charge in [0.2, 0.25) is 0 Å². The number of benzene rings is 2. The number of thioether (sulfide) groups is 3. The summed E-state index contributed by atoms with van der Waals surface area (Å²) >= 11 is 3.25. The predicted molar refractivity (Wildman–Crippen MR) is 117 cm³/mol. The molecule has 0 radical (unpaired) electrons. The Hall–Kier alpha value is -2.23. The minimum atomic E-state index is -1.00. The fraction of sp³-hybridized carbons (Fsp3) is 0.0526. The standard InChI is InChI=1S/C19H14F2N4S3/c1-26-18(22)28-19(23)27-17-14(8-7-11-5-3-2-4-6-11)24-15-9-12(20)13(21)10-16(15)25-17/h2-10,22-23H,1H3/b8-7+,22-18?,23-19?. The highest BCUT2D eigenvalue weighted by Crippen LogP contribution is 2.30. The third kappa shape index (κ3) is 5.18. The summed E-state index contributed by atoms with van der Waals surface area (Å²) in [7, 11) is 0. The molecule has 3 aromatic rings. The van der Waals surface area contributed by atoms with E-state index in [4.69, 9.17) is 10.8 Å². The van der Waals surface area contributed by atoms with Gasteiger partial charge in [0.1, 0.15) is 13.8 Å². The molecule has 0 atom stereocenters. The fourth-order valence-corrected chi connectivity index (χ4v) is 4.31. The van der Waals surface area contributed by atoms with Gasteiger partial charge in [-0.1, -0.05) is 36.4 Å². The first kappa shape index (κ1) is 20.5. The van der Waals surface area contributed by atoms with Gasteiger partial charge in [-0.15, -0.1) is 11.8 Å². The Morgan fingerprint density at radius 2 is 1.57 bits per heavy atom. The van der Waals surface area contributed by atoms with Crippen LogP contribution in [0.2, 0.25) is 0 Å². The molecule has 0 fully saturated rings. The van der Waals surface area contributed by atoms with Crippen molar-refractivity contribution in [2.45, 2.75) is 5.03 Å². The average molecular weight is 433 g/mol. The fourth-order valence-electron chi connectivity index (χ4n) is 2.21. The summed E-state index contributed by atoms with van der Waals surface area (Å²) in [5, 5.41) is 16.2. The highest BCUT2D eigenvalue weighted by molar-refractivity contribution is 8.53. The second-order valence-electron chi connectivity index (χ2n) is 5.40. The predicted octanol–water partition coefficient (Wildman–Crippen LogP) is 6.14. The number of nitrogens with zero attached hydrogens (tertiary/aromatic N) is 2. The summed E-state index contributed by atoms with van der Waals surface area (Å²) in [5.41, 5.74) is 1.82. The lowest BCUT2D eigenvalue weighted by Gasteiger charge is -2.08. The molecule has 1 heterocycles. The quantitative estimate of drug-likeness (QED) is 0.296. The van der Waals surface area contributed by atoms with Crippen LogP contribution in [0.4, 0.5) is 8.78 Å². The average Bonchev–Trinajstić information content (AvgIpc) is 2.68. The van der Waals surface area contributed by atoms with Crippen LogP contribution in [0.3, 0.4) is 0 Å². The monoisotopic (exact) mass is 432 g/mol. The molecule has 142 valence electrons. The van der Waals surface area contributed by atoms with Crippen LogP contribution in [0, 0.1) is 22.5 Å². The highest BCUT2D eigenvalue weighted by Gasteiger charge is 2.14. The Balaban J connectivity index is 2.02. The topological polar surface area (TPSA) is 73.5 Å². The van der Waals surface area contributed by atoms with Crippen molar-refractivity contribution >= 4 is 67.2 Å². The lowest BCUT2D eigenvalue weighted by Crippen LogP contribution is -1.98. The zero-order valence-electron chi connectivity index (χ0n) is 14.6. The molecular weight excluding hydrogens is 418 g/mol. The maximum atomic E-state index is 13.6. The molecule has 0 amide bonds. The summed E-state index contributed by atoms with van der Waals surface area (Å²) in [6, 6.07) is 11.6. The Bertz CT molecular complexity index is 1070. The van der Waals surface area contributed by atoms with Gasteiger partial charge in [0.05, 0.1) is 16.7 Å². The van der Waals surface area contributed by atoms with E-state index in [1.165, 1.54) is 11.8 Å². The third-order valence-corrected chi connectivity index (χ3v) is 6.16. The maximum absolute atomic E-state index is 13.6. The zero-order chi connectivity index (χ0) is 20.1. The van der Waals surface area contributed by atoms with Crippen molar-refractivity contribution in [3.8, 4) is 0 Å². The van der Waals surface area contributed by atoms with E-state index < -0.39 is 11.6 Å². The van der Waals surface area contributed by atoms with E-state index in [1.807, 2.05) is 36.4 Å². The lowest BCUT2D eigenvalue weighted by atomic mass is 10.2. The van der Waals surface area contributed by atoms with Crippen molar-refractivity contribution in [2.24, 2.45) is 0 Å². The van der Waals surface area contributed by atoms with E-state index in [2.05, 4.69) is 9.97 Å². The van der Waals surface area contributed by atoms with Gasteiger partial charge < -0.3 is 0 Å². The Kier molecular flexibility index (Phi) is 6.82. The van der Waals surface area contributed by atoms with Crippen LogP contribution in [-0.2, 0) is 0 Å². The van der Waals surface area contributed by atoms with Crippen LogP contribution in [0.25, 0.3) is 23.2 Å². The van der Waals surface area contributed by atoms with Gasteiger partial charge >= 0.3 is 0 Å². The number of nitrogens with one attached hydrogen (secondary N) is 2. The molecule has 0 aliphatic carbocycles. The highest BCUT2D eigenvalue weighted by atomic mass is 32.2. The van der Waals surface area contributed by atoms with Crippen LogP contribution < -0.4 is 0 Å². The van der Waals surface area contributed by atoms with Gasteiger partial charge in [-0.2, -0.15) is 0 Å². The molecule has 0 bridgehead atoms. The normalized spacial score (nSPS) is 11.2. The lowest BCUT2D eigenvalue weighted by molar-refractivity contribution is 0.510. The van der Waals surface area contributed by atoms with E-state index in [9.17, 15) is 8.78 Å². The van der Waals surface area contributed by atoms with E-state index in [0.717, 1.165) is 41.2 Å². The first-order valence-electron chi connectivity index (χ1n) is 7.93. The third-order valence-electron chi connectivity index (χ3n) is 3.49. The molecular formula is C19H14F2N4S3. The molecule has 0 aliphatic heterocycles. The largest absolute Gasteiger partial charge is 0.288 e. The maximum Gasteiger partial charge on any atom is 0.161 e. The summed E-state index contributed by atoms with van der Waals surface area (Å²) in [6.45, 7) is 0. The van der Waals surface area contributed by atoms with Crippen LogP contribution in [-0.4, -0.2) is 25.0 Å². The van der Waals surface area contributed by atoms with Crippen molar-refractivity contribution in [1.82, 2.24) is 9.97 Å². The van der Waals surface area contributed by atoms with E-state index in [1.54, 1.807) is 12.3 Å². The number of hydrogen-bond donors (Lipinski definition) is 2. The number of aromatic nitrogens is 2. The van der Waals surface area contributed by atoms with Crippen LogP contribution in [0.15, 0.2) is 47.5 Å². The summed E-state index contributed by atoms with van der Waals surface area (Å²) < 4.78 is 27.6. The molecule has 4 nitrogen and oxygen atoms in total. The molecule has 3 rings (SSSR count). The number of rotatable bonds is 3. The van der Waals surface area contributed by atoms with E-state index in [0.29, 0.717) is 10.7 Å². The first-order chi connectivity index (χ1) is 13.5. The minimum Gasteiger partial charge on any atom is -0.288 e. The molecule has 28 heavy (non-hydrogen) atoms. The summed E-state index contributed by atoms with van der Waals surface area (Å²) in [4.78, 5) is 8.78. The molecule has 0 aliphatic rings. The first-order valence-corrected chi connectivity index (χ1v) is 10.8. The molecule has 2 N–H and O–H groups in total. The van der Waals surface area contributed by atoms with Gasteiger partial charge in [-0.05, 0) is 41.4 Å².